The van der Waals surface area contributed by atoms with Crippen molar-refractivity contribution in [3.8, 4) is 5.75 Å². The molecule has 0 aromatic heterocycles. The molecule has 2 rings (SSSR count). The molecular weight excluding hydrogens is 369 g/mol. The van der Waals surface area contributed by atoms with Crippen LogP contribution in [0.2, 0.25) is 0 Å². The summed E-state index contributed by atoms with van der Waals surface area (Å²) in [6, 6.07) is 15.8. The SMILES string of the molecule is COc1ccc([NH+]=C/C=C(\Cl)c2ccc(C)cc2)cc1.[O-][Cl+3]([O-])([O-])[O-]. The van der Waals surface area contributed by atoms with E-state index in [0.717, 1.165) is 17.0 Å². The molecule has 6 nitrogen and oxygen atoms in total. The summed E-state index contributed by atoms with van der Waals surface area (Å²) in [6.45, 7) is 2.05. The summed E-state index contributed by atoms with van der Waals surface area (Å²) in [7, 11) is -3.29. The van der Waals surface area contributed by atoms with Crippen molar-refractivity contribution in [2.45, 2.75) is 6.92 Å². The first-order valence-electron chi connectivity index (χ1n) is 6.97. The van der Waals surface area contributed by atoms with Crippen LogP contribution in [-0.2, 0) is 0 Å². The molecule has 0 aliphatic rings. The molecule has 0 spiro atoms. The van der Waals surface area contributed by atoms with E-state index in [1.807, 2.05) is 60.8 Å². The minimum atomic E-state index is -4.94. The average molecular weight is 386 g/mol. The molecule has 1 N–H and O–H groups in total. The fraction of sp³-hybridized carbons (Fsp3) is 0.118. The lowest BCUT2D eigenvalue weighted by atomic mass is 10.1. The fourth-order valence-corrected chi connectivity index (χ4v) is 1.90. The zero-order valence-corrected chi connectivity index (χ0v) is 15.1. The van der Waals surface area contributed by atoms with Gasteiger partial charge in [0.2, 0.25) is 5.69 Å². The second kappa shape index (κ2) is 10.1. The van der Waals surface area contributed by atoms with Gasteiger partial charge in [-0.15, -0.1) is 10.2 Å². The Labute approximate surface area is 153 Å². The Balaban J connectivity index is 0.000000550. The molecule has 0 amide bonds. The Bertz CT molecular complexity index is 701. The summed E-state index contributed by atoms with van der Waals surface area (Å²) < 4.78 is 39.1. The minimum Gasteiger partial charge on any atom is -0.497 e. The molecule has 0 unspecified atom stereocenters. The molecule has 8 heteroatoms. The van der Waals surface area contributed by atoms with Crippen LogP contribution in [0.1, 0.15) is 11.1 Å². The van der Waals surface area contributed by atoms with E-state index < -0.39 is 10.2 Å². The topological polar surface area (TPSA) is 115 Å². The Kier molecular flexibility index (Phi) is 8.57. The van der Waals surface area contributed by atoms with E-state index in [0.29, 0.717) is 5.03 Å². The largest absolute Gasteiger partial charge is 0.497 e. The first-order valence-corrected chi connectivity index (χ1v) is 8.58. The molecular formula is C17H17Cl2NO5. The van der Waals surface area contributed by atoms with E-state index in [1.165, 1.54) is 5.56 Å². The Morgan fingerprint density at radius 1 is 1.00 bits per heavy atom. The second-order valence-electron chi connectivity index (χ2n) is 4.80. The first-order chi connectivity index (χ1) is 11.7. The van der Waals surface area contributed by atoms with Gasteiger partial charge in [-0.1, -0.05) is 41.4 Å². The number of aryl methyl sites for hydroxylation is 1. The van der Waals surface area contributed by atoms with E-state index >= 15 is 0 Å². The van der Waals surface area contributed by atoms with Crippen molar-refractivity contribution in [1.29, 1.82) is 0 Å². The summed E-state index contributed by atoms with van der Waals surface area (Å²) in [6.07, 6.45) is 3.67. The van der Waals surface area contributed by atoms with Crippen LogP contribution < -0.4 is 28.4 Å². The van der Waals surface area contributed by atoms with Crippen LogP contribution >= 0.6 is 11.6 Å². The monoisotopic (exact) mass is 385 g/mol. The number of allylic oxidation sites excluding steroid dienone is 1. The standard InChI is InChI=1S/C17H16ClNO.ClHO4/c1-13-3-5-14(6-4-13)17(18)11-12-19-15-7-9-16(20-2)10-8-15;2-1(3,4)5/h3-12H,1-2H3;(H,2,3,4,5)/b17-11-,19-12?;. The minimum absolute atomic E-state index is 0.700. The molecule has 25 heavy (non-hydrogen) atoms. The summed E-state index contributed by atoms with van der Waals surface area (Å²) in [4.78, 5) is 3.17. The predicted octanol–water partition coefficient (Wildman–Crippen LogP) is -1.69. The molecule has 0 aliphatic heterocycles. The number of ether oxygens (including phenoxy) is 1. The van der Waals surface area contributed by atoms with E-state index in [-0.39, 0.29) is 0 Å². The molecule has 2 aromatic carbocycles. The van der Waals surface area contributed by atoms with E-state index in [9.17, 15) is 0 Å². The smallest absolute Gasteiger partial charge is 0.203 e. The maximum atomic E-state index is 8.49. The van der Waals surface area contributed by atoms with Gasteiger partial charge in [0.15, 0.2) is 6.21 Å². The van der Waals surface area contributed by atoms with Crippen molar-refractivity contribution in [3.05, 3.63) is 65.7 Å². The van der Waals surface area contributed by atoms with Crippen molar-refractivity contribution in [2.24, 2.45) is 0 Å². The molecule has 0 aliphatic carbocycles. The second-order valence-corrected chi connectivity index (χ2v) is 5.96. The van der Waals surface area contributed by atoms with Crippen LogP contribution in [0.25, 0.3) is 5.03 Å². The maximum absolute atomic E-state index is 8.49. The lowest BCUT2D eigenvalue weighted by Gasteiger charge is -2.17. The van der Waals surface area contributed by atoms with Gasteiger partial charge in [-0.25, -0.2) is 23.6 Å². The van der Waals surface area contributed by atoms with Crippen molar-refractivity contribution in [3.63, 3.8) is 0 Å². The van der Waals surface area contributed by atoms with Crippen molar-refractivity contribution >= 4 is 28.5 Å². The average Bonchev–Trinajstić information content (AvgIpc) is 2.54. The Morgan fingerprint density at radius 2 is 1.52 bits per heavy atom. The molecule has 2 aromatic rings. The van der Waals surface area contributed by atoms with Gasteiger partial charge in [0.25, 0.3) is 0 Å². The van der Waals surface area contributed by atoms with Gasteiger partial charge in [0.05, 0.1) is 12.1 Å². The van der Waals surface area contributed by atoms with Gasteiger partial charge in [0, 0.05) is 18.2 Å². The van der Waals surface area contributed by atoms with Crippen LogP contribution in [0.3, 0.4) is 0 Å². The van der Waals surface area contributed by atoms with E-state index in [1.54, 1.807) is 7.11 Å². The van der Waals surface area contributed by atoms with Crippen LogP contribution in [0.4, 0.5) is 5.69 Å². The van der Waals surface area contributed by atoms with Crippen LogP contribution in [0.15, 0.2) is 54.6 Å². The summed E-state index contributed by atoms with van der Waals surface area (Å²) in [5, 5.41) is 0.700. The molecule has 0 heterocycles. The molecule has 0 radical (unpaired) electrons. The lowest BCUT2D eigenvalue weighted by Crippen LogP contribution is -2.68. The van der Waals surface area contributed by atoms with Gasteiger partial charge in [0.1, 0.15) is 5.75 Å². The zero-order valence-electron chi connectivity index (χ0n) is 13.6. The van der Waals surface area contributed by atoms with Gasteiger partial charge in [-0.3, -0.25) is 0 Å². The van der Waals surface area contributed by atoms with Crippen molar-refractivity contribution in [1.82, 2.24) is 0 Å². The first kappa shape index (κ1) is 21.1. The van der Waals surface area contributed by atoms with E-state index in [2.05, 4.69) is 11.9 Å². The summed E-state index contributed by atoms with van der Waals surface area (Å²) >= 11 is 6.24. The van der Waals surface area contributed by atoms with Crippen LogP contribution in [0, 0.1) is 17.2 Å². The number of hydrogen-bond acceptors (Lipinski definition) is 5. The highest BCUT2D eigenvalue weighted by molar-refractivity contribution is 6.49. The third kappa shape index (κ3) is 9.83. The van der Waals surface area contributed by atoms with Gasteiger partial charge in [-0.2, -0.15) is 0 Å². The fourth-order valence-electron chi connectivity index (χ4n) is 1.71. The zero-order chi connectivity index (χ0) is 18.9. The lowest BCUT2D eigenvalue weighted by molar-refractivity contribution is -2.00. The molecule has 134 valence electrons. The maximum Gasteiger partial charge on any atom is 0.203 e. The molecule has 0 atom stereocenters. The number of rotatable bonds is 4. The quantitative estimate of drug-likeness (QED) is 0.630. The highest BCUT2D eigenvalue weighted by Gasteiger charge is 1.98. The van der Waals surface area contributed by atoms with Crippen molar-refractivity contribution < 1.29 is 38.6 Å². The number of hydrogen-bond donors (Lipinski definition) is 1. The number of benzene rings is 2. The summed E-state index contributed by atoms with van der Waals surface area (Å²) in [5.41, 5.74) is 3.21. The number of methoxy groups -OCH3 is 1. The summed E-state index contributed by atoms with van der Waals surface area (Å²) in [5.74, 6) is 0.837. The van der Waals surface area contributed by atoms with Gasteiger partial charge >= 0.3 is 0 Å². The van der Waals surface area contributed by atoms with Gasteiger partial charge in [-0.05, 0) is 24.6 Å². The molecule has 0 bridgehead atoms. The van der Waals surface area contributed by atoms with Crippen molar-refractivity contribution in [2.75, 3.05) is 7.11 Å². The number of nitrogens with one attached hydrogen (secondary N) is 1. The predicted molar refractivity (Wildman–Crippen MR) is 84.7 cm³/mol. The van der Waals surface area contributed by atoms with E-state index in [4.69, 9.17) is 35.0 Å². The number of halogens is 2. The van der Waals surface area contributed by atoms with Crippen LogP contribution in [0.5, 0.6) is 5.75 Å². The highest BCUT2D eigenvalue weighted by atomic mass is 35.7. The third-order valence-electron chi connectivity index (χ3n) is 2.90. The molecule has 0 saturated carbocycles. The Hall–Kier alpha value is -1.93. The molecule has 0 fully saturated rings. The van der Waals surface area contributed by atoms with Gasteiger partial charge < -0.3 is 4.74 Å². The normalized spacial score (nSPS) is 11.9. The highest BCUT2D eigenvalue weighted by Crippen LogP contribution is 2.18. The Morgan fingerprint density at radius 3 is 2.00 bits per heavy atom. The third-order valence-corrected chi connectivity index (χ3v) is 3.24. The van der Waals surface area contributed by atoms with Crippen LogP contribution in [-0.4, -0.2) is 13.3 Å². The molecule has 0 saturated heterocycles.